The molecule has 5 heteroatoms. The molecule has 0 heterocycles. The van der Waals surface area contributed by atoms with Crippen LogP contribution in [0.5, 0.6) is 5.75 Å². The van der Waals surface area contributed by atoms with Crippen molar-refractivity contribution in [3.63, 3.8) is 0 Å². The maximum Gasteiger partial charge on any atom is 0.344 e. The maximum atomic E-state index is 13.2. The van der Waals surface area contributed by atoms with Crippen molar-refractivity contribution in [2.24, 2.45) is 0 Å². The Balaban J connectivity index is 2.57. The molecule has 0 N–H and O–H groups in total. The van der Waals surface area contributed by atoms with Crippen LogP contribution >= 0.6 is 0 Å². The number of halogens is 1. The van der Waals surface area contributed by atoms with Crippen molar-refractivity contribution in [1.82, 2.24) is 0 Å². The molecule has 0 saturated heterocycles. The first-order chi connectivity index (χ1) is 8.31. The molecule has 0 fully saturated rings. The lowest BCUT2D eigenvalue weighted by Gasteiger charge is -2.19. The Kier molecular flexibility index (Phi) is 4.27. The Morgan fingerprint density at radius 1 is 1.44 bits per heavy atom. The molecule has 0 aliphatic carbocycles. The van der Waals surface area contributed by atoms with Gasteiger partial charge >= 0.3 is 5.97 Å². The van der Waals surface area contributed by atoms with Gasteiger partial charge in [-0.15, -0.1) is 0 Å². The Morgan fingerprint density at radius 3 is 2.61 bits per heavy atom. The van der Waals surface area contributed by atoms with E-state index < -0.39 is 17.4 Å². The second-order valence-electron chi connectivity index (χ2n) is 4.63. The number of nitrogens with zero attached hydrogens (tertiary/aromatic N) is 1. The lowest BCUT2D eigenvalue weighted by molar-refractivity contribution is -0.157. The van der Waals surface area contributed by atoms with Gasteiger partial charge in [0.1, 0.15) is 23.2 Å². The first-order valence-electron chi connectivity index (χ1n) is 5.36. The Bertz CT molecular complexity index is 486. The molecule has 96 valence electrons. The first kappa shape index (κ1) is 14.0. The average Bonchev–Trinajstić information content (AvgIpc) is 2.24. The molecule has 1 aromatic carbocycles. The van der Waals surface area contributed by atoms with Crippen molar-refractivity contribution < 1.29 is 18.7 Å². The molecule has 0 atom stereocenters. The molecule has 1 rings (SSSR count). The van der Waals surface area contributed by atoms with E-state index in [1.807, 2.05) is 0 Å². The molecular weight excluding hydrogens is 237 g/mol. The summed E-state index contributed by atoms with van der Waals surface area (Å²) in [5, 5.41) is 8.55. The number of hydrogen-bond donors (Lipinski definition) is 0. The van der Waals surface area contributed by atoms with Crippen LogP contribution in [0, 0.1) is 17.1 Å². The van der Waals surface area contributed by atoms with Crippen LogP contribution in [0.3, 0.4) is 0 Å². The molecule has 0 aliphatic heterocycles. The fraction of sp³-hybridized carbons (Fsp3) is 0.385. The van der Waals surface area contributed by atoms with Crippen LogP contribution in [0.2, 0.25) is 0 Å². The second-order valence-corrected chi connectivity index (χ2v) is 4.63. The van der Waals surface area contributed by atoms with Crippen LogP contribution in [0.1, 0.15) is 26.3 Å². The van der Waals surface area contributed by atoms with Crippen LogP contribution in [0.4, 0.5) is 4.39 Å². The van der Waals surface area contributed by atoms with Crippen LogP contribution in [-0.2, 0) is 9.53 Å². The summed E-state index contributed by atoms with van der Waals surface area (Å²) in [5.74, 6) is -1.04. The molecule has 0 aliphatic rings. The van der Waals surface area contributed by atoms with Gasteiger partial charge < -0.3 is 9.47 Å². The lowest BCUT2D eigenvalue weighted by atomic mass is 10.2. The van der Waals surface area contributed by atoms with Crippen LogP contribution in [-0.4, -0.2) is 18.2 Å². The fourth-order valence-corrected chi connectivity index (χ4v) is 1.19. The van der Waals surface area contributed by atoms with Crippen molar-refractivity contribution in [1.29, 1.82) is 5.26 Å². The smallest absolute Gasteiger partial charge is 0.344 e. The predicted molar refractivity (Wildman–Crippen MR) is 62.5 cm³/mol. The van der Waals surface area contributed by atoms with Crippen LogP contribution in [0.15, 0.2) is 18.2 Å². The summed E-state index contributed by atoms with van der Waals surface area (Å²) >= 11 is 0. The van der Waals surface area contributed by atoms with E-state index >= 15 is 0 Å². The van der Waals surface area contributed by atoms with Gasteiger partial charge in [-0.3, -0.25) is 0 Å². The van der Waals surface area contributed by atoms with Gasteiger partial charge in [0.2, 0.25) is 0 Å². The largest absolute Gasteiger partial charge is 0.482 e. The zero-order chi connectivity index (χ0) is 13.8. The van der Waals surface area contributed by atoms with Gasteiger partial charge in [-0.05, 0) is 32.9 Å². The highest BCUT2D eigenvalue weighted by molar-refractivity contribution is 5.71. The molecule has 0 saturated carbocycles. The van der Waals surface area contributed by atoms with Gasteiger partial charge in [-0.25, -0.2) is 9.18 Å². The van der Waals surface area contributed by atoms with E-state index in [4.69, 9.17) is 14.7 Å². The molecule has 0 aromatic heterocycles. The number of benzene rings is 1. The summed E-state index contributed by atoms with van der Waals surface area (Å²) in [5.41, 5.74) is -0.657. The quantitative estimate of drug-likeness (QED) is 0.774. The van der Waals surface area contributed by atoms with E-state index in [-0.39, 0.29) is 17.9 Å². The van der Waals surface area contributed by atoms with E-state index in [0.29, 0.717) is 0 Å². The number of hydrogen-bond acceptors (Lipinski definition) is 4. The van der Waals surface area contributed by atoms with Crippen LogP contribution in [0.25, 0.3) is 0 Å². The fourth-order valence-electron chi connectivity index (χ4n) is 1.19. The van der Waals surface area contributed by atoms with Gasteiger partial charge in [0.05, 0.1) is 5.56 Å². The summed E-state index contributed by atoms with van der Waals surface area (Å²) < 4.78 is 23.3. The second kappa shape index (κ2) is 5.50. The van der Waals surface area contributed by atoms with E-state index in [2.05, 4.69) is 0 Å². The normalized spacial score (nSPS) is 10.6. The summed E-state index contributed by atoms with van der Waals surface area (Å²) in [6.45, 7) is 4.92. The number of ether oxygens (including phenoxy) is 2. The molecule has 4 nitrogen and oxygen atoms in total. The zero-order valence-electron chi connectivity index (χ0n) is 10.5. The van der Waals surface area contributed by atoms with Crippen molar-refractivity contribution >= 4 is 5.97 Å². The van der Waals surface area contributed by atoms with Crippen molar-refractivity contribution in [3.8, 4) is 11.8 Å². The average molecular weight is 251 g/mol. The third-order valence-corrected chi connectivity index (χ3v) is 1.84. The van der Waals surface area contributed by atoms with Gasteiger partial charge in [0.25, 0.3) is 0 Å². The number of carbonyl (C=O) groups excluding carboxylic acids is 1. The van der Waals surface area contributed by atoms with Crippen LogP contribution < -0.4 is 4.74 Å². The number of esters is 1. The highest BCUT2D eigenvalue weighted by atomic mass is 19.1. The van der Waals surface area contributed by atoms with E-state index in [0.717, 1.165) is 6.07 Å². The molecule has 0 radical (unpaired) electrons. The number of rotatable bonds is 3. The van der Waals surface area contributed by atoms with Gasteiger partial charge in [-0.1, -0.05) is 0 Å². The topological polar surface area (TPSA) is 59.3 Å². The SMILES string of the molecule is CC(C)(C)OC(=O)COc1ccc(C#N)c(F)c1. The highest BCUT2D eigenvalue weighted by Crippen LogP contribution is 2.16. The van der Waals surface area contributed by atoms with E-state index in [1.165, 1.54) is 12.1 Å². The standard InChI is InChI=1S/C13H14FNO3/c1-13(2,3)18-12(16)8-17-10-5-4-9(7-15)11(14)6-10/h4-6H,8H2,1-3H3. The van der Waals surface area contributed by atoms with Gasteiger partial charge in [0.15, 0.2) is 6.61 Å². The third-order valence-electron chi connectivity index (χ3n) is 1.84. The Labute approximate surface area is 105 Å². The predicted octanol–water partition coefficient (Wildman–Crippen LogP) is 2.42. The molecule has 18 heavy (non-hydrogen) atoms. The molecule has 0 amide bonds. The summed E-state index contributed by atoms with van der Waals surface area (Å²) in [6.07, 6.45) is 0. The van der Waals surface area contributed by atoms with Crippen molar-refractivity contribution in [2.75, 3.05) is 6.61 Å². The first-order valence-corrected chi connectivity index (χ1v) is 5.36. The summed E-state index contributed by atoms with van der Waals surface area (Å²) in [6, 6.07) is 5.47. The Hall–Kier alpha value is -2.09. The highest BCUT2D eigenvalue weighted by Gasteiger charge is 2.16. The lowest BCUT2D eigenvalue weighted by Crippen LogP contribution is -2.27. The van der Waals surface area contributed by atoms with Gasteiger partial charge in [-0.2, -0.15) is 5.26 Å². The maximum absolute atomic E-state index is 13.2. The zero-order valence-corrected chi connectivity index (χ0v) is 10.5. The minimum atomic E-state index is -0.681. The number of nitriles is 1. The van der Waals surface area contributed by atoms with E-state index in [1.54, 1.807) is 26.8 Å². The minimum absolute atomic E-state index is 0.0698. The summed E-state index contributed by atoms with van der Waals surface area (Å²) in [7, 11) is 0. The van der Waals surface area contributed by atoms with Crippen molar-refractivity contribution in [2.45, 2.75) is 26.4 Å². The van der Waals surface area contributed by atoms with E-state index in [9.17, 15) is 9.18 Å². The molecule has 0 bridgehead atoms. The molecule has 1 aromatic rings. The summed E-state index contributed by atoms with van der Waals surface area (Å²) in [4.78, 5) is 11.3. The third kappa shape index (κ3) is 4.42. The molecule has 0 unspecified atom stereocenters. The monoisotopic (exact) mass is 251 g/mol. The minimum Gasteiger partial charge on any atom is -0.482 e. The number of carbonyl (C=O) groups is 1. The molecule has 0 spiro atoms. The van der Waals surface area contributed by atoms with Gasteiger partial charge in [0, 0.05) is 6.07 Å². The molecular formula is C13H14FNO3. The van der Waals surface area contributed by atoms with Crippen molar-refractivity contribution in [3.05, 3.63) is 29.6 Å². The Morgan fingerprint density at radius 2 is 2.11 bits per heavy atom.